The molecule has 6 heteroatoms. The predicted octanol–water partition coefficient (Wildman–Crippen LogP) is 2.79. The van der Waals surface area contributed by atoms with Gasteiger partial charge in [0.2, 0.25) is 0 Å². The van der Waals surface area contributed by atoms with Crippen molar-refractivity contribution in [2.45, 2.75) is 38.4 Å². The summed E-state index contributed by atoms with van der Waals surface area (Å²) in [5.74, 6) is 0.567. The largest absolute Gasteiger partial charge is 0.389 e. The van der Waals surface area contributed by atoms with Crippen LogP contribution in [-0.2, 0) is 0 Å². The van der Waals surface area contributed by atoms with Crippen molar-refractivity contribution in [1.82, 2.24) is 15.3 Å². The average Bonchev–Trinajstić information content (AvgIpc) is 2.69. The number of hydrogen-bond donors (Lipinski definition) is 2. The lowest BCUT2D eigenvalue weighted by Crippen LogP contribution is -2.25. The third kappa shape index (κ3) is 4.65. The fraction of sp³-hybridized carbons (Fsp3) is 0.700. The van der Waals surface area contributed by atoms with E-state index < -0.39 is 12.6 Å². The SMILES string of the molecule is CCCNC(CCC(F)(F)F)c1ncc[nH]1. The third-order valence-electron chi connectivity index (χ3n) is 2.21. The molecule has 1 atom stereocenters. The number of H-pyrrole nitrogens is 1. The second-order valence-corrected chi connectivity index (χ2v) is 3.63. The molecule has 1 rings (SSSR count). The second-order valence-electron chi connectivity index (χ2n) is 3.63. The van der Waals surface area contributed by atoms with Crippen LogP contribution in [0.25, 0.3) is 0 Å². The zero-order valence-electron chi connectivity index (χ0n) is 9.14. The van der Waals surface area contributed by atoms with Crippen molar-refractivity contribution in [1.29, 1.82) is 0 Å². The number of halogens is 3. The highest BCUT2D eigenvalue weighted by atomic mass is 19.4. The van der Waals surface area contributed by atoms with Crippen molar-refractivity contribution in [2.24, 2.45) is 0 Å². The minimum Gasteiger partial charge on any atom is -0.347 e. The van der Waals surface area contributed by atoms with Crippen molar-refractivity contribution in [3.63, 3.8) is 0 Å². The zero-order chi connectivity index (χ0) is 12.0. The third-order valence-corrected chi connectivity index (χ3v) is 2.21. The van der Waals surface area contributed by atoms with E-state index in [1.165, 1.54) is 0 Å². The van der Waals surface area contributed by atoms with E-state index in [-0.39, 0.29) is 12.5 Å². The van der Waals surface area contributed by atoms with Gasteiger partial charge in [0.05, 0.1) is 6.04 Å². The maximum Gasteiger partial charge on any atom is 0.389 e. The molecule has 0 aromatic carbocycles. The maximum atomic E-state index is 12.1. The molecule has 1 aromatic heterocycles. The molecule has 0 saturated heterocycles. The number of nitrogens with zero attached hydrogens (tertiary/aromatic N) is 1. The van der Waals surface area contributed by atoms with E-state index in [1.54, 1.807) is 12.4 Å². The molecule has 0 aliphatic carbocycles. The number of imidazole rings is 1. The minimum atomic E-state index is -4.11. The highest BCUT2D eigenvalue weighted by Crippen LogP contribution is 2.26. The molecule has 0 aliphatic heterocycles. The van der Waals surface area contributed by atoms with Crippen LogP contribution in [0.5, 0.6) is 0 Å². The quantitative estimate of drug-likeness (QED) is 0.796. The monoisotopic (exact) mass is 235 g/mol. The molecule has 0 saturated carbocycles. The van der Waals surface area contributed by atoms with E-state index >= 15 is 0 Å². The van der Waals surface area contributed by atoms with Crippen molar-refractivity contribution < 1.29 is 13.2 Å². The molecule has 3 nitrogen and oxygen atoms in total. The lowest BCUT2D eigenvalue weighted by Gasteiger charge is -2.17. The predicted molar refractivity (Wildman–Crippen MR) is 54.9 cm³/mol. The standard InChI is InChI=1S/C10H16F3N3/c1-2-5-14-8(3-4-10(11,12)13)9-15-6-7-16-9/h6-8,14H,2-5H2,1H3,(H,15,16). The summed E-state index contributed by atoms with van der Waals surface area (Å²) < 4.78 is 36.4. The van der Waals surface area contributed by atoms with Crippen LogP contribution < -0.4 is 5.32 Å². The summed E-state index contributed by atoms with van der Waals surface area (Å²) in [6.07, 6.45) is -0.860. The molecule has 0 fully saturated rings. The minimum absolute atomic E-state index is 0.0109. The van der Waals surface area contributed by atoms with Crippen LogP contribution >= 0.6 is 0 Å². The van der Waals surface area contributed by atoms with Crippen molar-refractivity contribution >= 4 is 0 Å². The fourth-order valence-electron chi connectivity index (χ4n) is 1.43. The highest BCUT2D eigenvalue weighted by Gasteiger charge is 2.29. The van der Waals surface area contributed by atoms with Gasteiger partial charge in [0, 0.05) is 18.8 Å². The van der Waals surface area contributed by atoms with E-state index in [2.05, 4.69) is 15.3 Å². The van der Waals surface area contributed by atoms with Crippen LogP contribution in [0.3, 0.4) is 0 Å². The van der Waals surface area contributed by atoms with Crippen molar-refractivity contribution in [3.05, 3.63) is 18.2 Å². The van der Waals surface area contributed by atoms with E-state index in [9.17, 15) is 13.2 Å². The van der Waals surface area contributed by atoms with Gasteiger partial charge >= 0.3 is 6.18 Å². The van der Waals surface area contributed by atoms with Gasteiger partial charge in [-0.05, 0) is 19.4 Å². The summed E-state index contributed by atoms with van der Waals surface area (Å²) in [5, 5.41) is 3.05. The Balaban J connectivity index is 2.51. The molecular formula is C10H16F3N3. The summed E-state index contributed by atoms with van der Waals surface area (Å²) in [4.78, 5) is 6.83. The van der Waals surface area contributed by atoms with Crippen molar-refractivity contribution in [2.75, 3.05) is 6.54 Å². The molecule has 0 bridgehead atoms. The summed E-state index contributed by atoms with van der Waals surface area (Å²) in [7, 11) is 0. The van der Waals surface area contributed by atoms with Gasteiger partial charge in [0.1, 0.15) is 5.82 Å². The van der Waals surface area contributed by atoms with E-state index in [0.29, 0.717) is 12.4 Å². The fourth-order valence-corrected chi connectivity index (χ4v) is 1.43. The summed E-state index contributed by atoms with van der Waals surface area (Å²) in [6.45, 7) is 2.65. The van der Waals surface area contributed by atoms with Crippen LogP contribution in [0, 0.1) is 0 Å². The van der Waals surface area contributed by atoms with Gasteiger partial charge in [-0.3, -0.25) is 0 Å². The Morgan fingerprint density at radius 1 is 1.50 bits per heavy atom. The van der Waals surface area contributed by atoms with Crippen molar-refractivity contribution in [3.8, 4) is 0 Å². The second kappa shape index (κ2) is 5.89. The van der Waals surface area contributed by atoms with Crippen LogP contribution in [0.15, 0.2) is 12.4 Å². The molecule has 92 valence electrons. The van der Waals surface area contributed by atoms with Crippen LogP contribution in [0.4, 0.5) is 13.2 Å². The van der Waals surface area contributed by atoms with Gasteiger partial charge < -0.3 is 10.3 Å². The Hall–Kier alpha value is -1.04. The Bertz CT molecular complexity index is 282. The van der Waals surface area contributed by atoms with Crippen LogP contribution in [-0.4, -0.2) is 22.7 Å². The number of nitrogens with one attached hydrogen (secondary N) is 2. The van der Waals surface area contributed by atoms with E-state index in [0.717, 1.165) is 6.42 Å². The van der Waals surface area contributed by atoms with Gasteiger partial charge in [-0.25, -0.2) is 4.98 Å². The number of aromatic nitrogens is 2. The van der Waals surface area contributed by atoms with E-state index in [1.807, 2.05) is 6.92 Å². The van der Waals surface area contributed by atoms with Crippen LogP contribution in [0.2, 0.25) is 0 Å². The number of alkyl halides is 3. The number of aromatic amines is 1. The maximum absolute atomic E-state index is 12.1. The normalized spacial score (nSPS) is 14.0. The molecule has 2 N–H and O–H groups in total. The molecule has 16 heavy (non-hydrogen) atoms. The molecule has 1 heterocycles. The number of hydrogen-bond acceptors (Lipinski definition) is 2. The zero-order valence-corrected chi connectivity index (χ0v) is 9.14. The van der Waals surface area contributed by atoms with Gasteiger partial charge in [0.15, 0.2) is 0 Å². The Kier molecular flexibility index (Phi) is 4.79. The first kappa shape index (κ1) is 13.0. The van der Waals surface area contributed by atoms with Gasteiger partial charge in [-0.15, -0.1) is 0 Å². The molecule has 0 radical (unpaired) electrons. The van der Waals surface area contributed by atoms with E-state index in [4.69, 9.17) is 0 Å². The Morgan fingerprint density at radius 3 is 2.75 bits per heavy atom. The summed E-state index contributed by atoms with van der Waals surface area (Å²) in [6, 6.07) is -0.350. The Morgan fingerprint density at radius 2 is 2.25 bits per heavy atom. The smallest absolute Gasteiger partial charge is 0.347 e. The molecule has 1 aromatic rings. The van der Waals surface area contributed by atoms with Gasteiger partial charge in [0.25, 0.3) is 0 Å². The summed E-state index contributed by atoms with van der Waals surface area (Å²) in [5.41, 5.74) is 0. The molecule has 0 amide bonds. The lowest BCUT2D eigenvalue weighted by molar-refractivity contribution is -0.136. The van der Waals surface area contributed by atoms with Crippen LogP contribution in [0.1, 0.15) is 38.1 Å². The summed E-state index contributed by atoms with van der Waals surface area (Å²) >= 11 is 0. The first-order valence-electron chi connectivity index (χ1n) is 5.32. The lowest BCUT2D eigenvalue weighted by atomic mass is 10.1. The Labute approximate surface area is 92.5 Å². The molecule has 0 spiro atoms. The first-order valence-corrected chi connectivity index (χ1v) is 5.32. The molecule has 1 unspecified atom stereocenters. The molecular weight excluding hydrogens is 219 g/mol. The van der Waals surface area contributed by atoms with Gasteiger partial charge in [-0.2, -0.15) is 13.2 Å². The average molecular weight is 235 g/mol. The highest BCUT2D eigenvalue weighted by molar-refractivity contribution is 4.95. The molecule has 0 aliphatic rings. The first-order chi connectivity index (χ1) is 7.53. The van der Waals surface area contributed by atoms with Gasteiger partial charge in [-0.1, -0.05) is 6.92 Å². The topological polar surface area (TPSA) is 40.7 Å². The number of rotatable bonds is 6.